The smallest absolute Gasteiger partial charge is 0.306 e. The fraction of sp³-hybridized carbons (Fsp3) is 0.812. The van der Waals surface area contributed by atoms with Gasteiger partial charge in [0.1, 0.15) is 18.5 Å². The van der Waals surface area contributed by atoms with Crippen LogP contribution in [0.25, 0.3) is 0 Å². The minimum atomic E-state index is -1.06. The number of carbonyl (C=O) groups excluding carboxylic acids is 3. The Morgan fingerprint density at radius 3 is 2.03 bits per heavy atom. The number of fused-ring (bicyclic) bond motifs is 2. The summed E-state index contributed by atoms with van der Waals surface area (Å²) in [6, 6.07) is 0. The van der Waals surface area contributed by atoms with Gasteiger partial charge in [-0.05, 0) is 15.4 Å². The van der Waals surface area contributed by atoms with E-state index in [0.29, 0.717) is 25.7 Å². The summed E-state index contributed by atoms with van der Waals surface area (Å²) in [6.07, 6.45) is 2.32. The lowest BCUT2D eigenvalue weighted by atomic mass is 9.93. The molecule has 4 aliphatic rings. The average Bonchev–Trinajstić information content (AvgIpc) is 3.33. The van der Waals surface area contributed by atoms with Crippen LogP contribution in [-0.2, 0) is 32.9 Å². The van der Waals surface area contributed by atoms with Crippen LogP contribution in [0.3, 0.4) is 0 Å². The normalized spacial score (nSPS) is 41.2. The summed E-state index contributed by atoms with van der Waals surface area (Å²) in [4.78, 5) is 33.1. The Bertz CT molecular complexity index is 657. The lowest BCUT2D eigenvalue weighted by Gasteiger charge is -2.22. The van der Waals surface area contributed by atoms with Crippen LogP contribution in [0.2, 0.25) is 0 Å². The van der Waals surface area contributed by atoms with Gasteiger partial charge in [-0.2, -0.15) is 0 Å². The topological polar surface area (TPSA) is 108 Å². The van der Waals surface area contributed by atoms with Crippen LogP contribution < -0.4 is 0 Å². The second-order valence-electron chi connectivity index (χ2n) is 7.83. The summed E-state index contributed by atoms with van der Waals surface area (Å²) in [5.74, 6) is -0.558. The van der Waals surface area contributed by atoms with Crippen LogP contribution >= 0.6 is 33.3 Å². The fourth-order valence-electron chi connectivity index (χ4n) is 4.84. The Kier molecular flexibility index (Phi) is 9.13. The van der Waals surface area contributed by atoms with Gasteiger partial charge >= 0.3 is 11.9 Å². The molecule has 4 rings (SSSR count). The van der Waals surface area contributed by atoms with Gasteiger partial charge in [-0.1, -0.05) is 17.9 Å². The zero-order chi connectivity index (χ0) is 22.0. The molecule has 0 aromatic rings. The highest BCUT2D eigenvalue weighted by Gasteiger charge is 2.51. The lowest BCUT2D eigenvalue weighted by Crippen LogP contribution is -2.24. The Morgan fingerprint density at radius 2 is 1.50 bits per heavy atom. The van der Waals surface area contributed by atoms with Crippen molar-refractivity contribution in [2.24, 2.45) is 23.7 Å². The van der Waals surface area contributed by atoms with Crippen molar-refractivity contribution < 1.29 is 38.0 Å². The van der Waals surface area contributed by atoms with E-state index >= 15 is 0 Å². The number of carbonyl (C=O) groups is 3. The summed E-state index contributed by atoms with van der Waals surface area (Å²) in [5, 5.41) is 9.30. The molecule has 4 radical (unpaired) electrons. The van der Waals surface area contributed by atoms with Crippen molar-refractivity contribution in [3.05, 3.63) is 0 Å². The van der Waals surface area contributed by atoms with E-state index in [1.807, 2.05) is 0 Å². The number of rotatable bonds is 6. The molecule has 0 aromatic heterocycles. The number of hydrogen-bond donors (Lipinski definition) is 1. The highest BCUT2D eigenvalue weighted by molar-refractivity contribution is 8.23. The van der Waals surface area contributed by atoms with Crippen molar-refractivity contribution in [1.82, 2.24) is 0 Å². The molecule has 0 spiro atoms. The van der Waals surface area contributed by atoms with E-state index in [2.05, 4.69) is 17.9 Å². The third kappa shape index (κ3) is 5.82. The van der Waals surface area contributed by atoms with Crippen molar-refractivity contribution >= 4 is 66.6 Å². The van der Waals surface area contributed by atoms with Crippen LogP contribution in [0.1, 0.15) is 25.7 Å². The second-order valence-corrected chi connectivity index (χ2v) is 12.7. The minimum absolute atomic E-state index is 0.0139. The zero-order valence-electron chi connectivity index (χ0n) is 16.2. The molecule has 162 valence electrons. The van der Waals surface area contributed by atoms with Gasteiger partial charge in [0.05, 0.1) is 25.0 Å². The molecule has 12 unspecified atom stereocenters. The molecule has 2 saturated heterocycles. The Labute approximate surface area is 185 Å². The van der Waals surface area contributed by atoms with Gasteiger partial charge in [0.15, 0.2) is 15.1 Å². The van der Waals surface area contributed by atoms with Crippen molar-refractivity contribution in [1.29, 1.82) is 0 Å². The summed E-state index contributed by atoms with van der Waals surface area (Å²) < 4.78 is 21.3. The van der Waals surface area contributed by atoms with Crippen LogP contribution in [-0.4, -0.2) is 69.5 Å². The molecule has 0 aromatic carbocycles. The van der Waals surface area contributed by atoms with E-state index in [1.54, 1.807) is 0 Å². The molecule has 8 nitrogen and oxygen atoms in total. The largest absolute Gasteiger partial charge is 0.462 e. The van der Waals surface area contributed by atoms with E-state index in [4.69, 9.17) is 33.7 Å². The van der Waals surface area contributed by atoms with Gasteiger partial charge in [0.25, 0.3) is 0 Å². The fourth-order valence-corrected chi connectivity index (χ4v) is 6.88. The first-order chi connectivity index (χ1) is 14.2. The first-order valence-electron chi connectivity index (χ1n) is 9.61. The molecule has 2 aliphatic heterocycles. The molecule has 0 amide bonds. The predicted molar refractivity (Wildman–Crippen MR) is 120 cm³/mol. The molecule has 2 heterocycles. The number of ether oxygens (including phenoxy) is 2. The first kappa shape index (κ1) is 25.0. The second kappa shape index (κ2) is 11.0. The molecule has 0 bridgehead atoms. The Hall–Kier alpha value is 0.340. The number of hydrogen-bond acceptors (Lipinski definition) is 8. The van der Waals surface area contributed by atoms with Gasteiger partial charge in [-0.3, -0.25) is 9.59 Å². The molecular weight excluding hydrogens is 466 g/mol. The molecule has 12 atom stereocenters. The number of esters is 2. The molecule has 30 heavy (non-hydrogen) atoms. The minimum Gasteiger partial charge on any atom is -0.462 e. The molecule has 2 saturated carbocycles. The molecular formula is C16H24B2O8P4. The number of aliphatic hydroxyl groups excluding tert-OH is 1. The maximum atomic E-state index is 11.1. The van der Waals surface area contributed by atoms with E-state index in [1.165, 1.54) is 0 Å². The van der Waals surface area contributed by atoms with Crippen LogP contribution in [0.5, 0.6) is 0 Å². The average molecular weight is 490 g/mol. The SMILES string of the molecule is [B]P(P)OC1CC2OC(=O)CC2C1C=O.[B]P(P)OC1CC2OC(=O)CC2C1CO. The summed E-state index contributed by atoms with van der Waals surface area (Å²) in [6.45, 7) is 0.0241. The van der Waals surface area contributed by atoms with Gasteiger partial charge in [0.2, 0.25) is 0 Å². The van der Waals surface area contributed by atoms with Gasteiger partial charge in [-0.15, -0.1) is 0 Å². The molecule has 1 N–H and O–H groups in total. The molecule has 4 fully saturated rings. The van der Waals surface area contributed by atoms with Crippen molar-refractivity contribution in [2.45, 2.75) is 50.1 Å². The van der Waals surface area contributed by atoms with Gasteiger partial charge in [-0.25, -0.2) is 0 Å². The van der Waals surface area contributed by atoms with E-state index < -0.39 is 15.4 Å². The number of aldehydes is 1. The Morgan fingerprint density at radius 1 is 1.00 bits per heavy atom. The van der Waals surface area contributed by atoms with Crippen LogP contribution in [0, 0.1) is 23.7 Å². The van der Waals surface area contributed by atoms with Crippen molar-refractivity contribution in [3.8, 4) is 0 Å². The highest BCUT2D eigenvalue weighted by Crippen LogP contribution is 2.50. The predicted octanol–water partition coefficient (Wildman–Crippen LogP) is 1.38. The standard InChI is InChI=1S/C8H13BO4P2.C8H11BO4P2/c2*9-15(14)13-7-2-6-4(5(7)3-10)1-8(11)12-6/h4-7,10H,1-3,14H2;3-7H,1-2,14H2. The third-order valence-electron chi connectivity index (χ3n) is 6.09. The quantitative estimate of drug-likeness (QED) is 0.258. The zero-order valence-corrected chi connectivity index (χ0v) is 20.3. The van der Waals surface area contributed by atoms with Crippen LogP contribution in [0.4, 0.5) is 0 Å². The first-order valence-corrected chi connectivity index (χ1v) is 15.5. The summed E-state index contributed by atoms with van der Waals surface area (Å²) in [5.41, 5.74) is 0. The Balaban J connectivity index is 0.000000171. The third-order valence-corrected chi connectivity index (χ3v) is 7.85. The molecule has 2 aliphatic carbocycles. The van der Waals surface area contributed by atoms with Crippen molar-refractivity contribution in [2.75, 3.05) is 6.61 Å². The summed E-state index contributed by atoms with van der Waals surface area (Å²) >= 11 is 0. The molecule has 14 heteroatoms. The highest BCUT2D eigenvalue weighted by atomic mass is 32.0. The monoisotopic (exact) mass is 490 g/mol. The van der Waals surface area contributed by atoms with Gasteiger partial charge in [0, 0.05) is 43.1 Å². The number of aliphatic hydroxyl groups is 1. The summed E-state index contributed by atoms with van der Waals surface area (Å²) in [7, 11) is 13.9. The maximum Gasteiger partial charge on any atom is 0.306 e. The van der Waals surface area contributed by atoms with E-state index in [-0.39, 0.29) is 66.6 Å². The maximum absolute atomic E-state index is 11.1. The van der Waals surface area contributed by atoms with E-state index in [0.717, 1.165) is 6.29 Å². The lowest BCUT2D eigenvalue weighted by molar-refractivity contribution is -0.142. The van der Waals surface area contributed by atoms with Crippen molar-refractivity contribution in [3.63, 3.8) is 0 Å². The van der Waals surface area contributed by atoms with E-state index in [9.17, 15) is 19.5 Å². The van der Waals surface area contributed by atoms with Crippen LogP contribution in [0.15, 0.2) is 0 Å². The van der Waals surface area contributed by atoms with Gasteiger partial charge < -0.3 is 28.4 Å².